The van der Waals surface area contributed by atoms with Gasteiger partial charge in [0.1, 0.15) is 0 Å². The van der Waals surface area contributed by atoms with Gasteiger partial charge in [-0.3, -0.25) is 5.50 Å². The summed E-state index contributed by atoms with van der Waals surface area (Å²) in [5.41, 5.74) is 4.68. The van der Waals surface area contributed by atoms with Crippen molar-refractivity contribution in [2.45, 2.75) is 0 Å². The fourth-order valence-corrected chi connectivity index (χ4v) is 0. The first-order valence-electron chi connectivity index (χ1n) is 1.21. The Kier molecular flexibility index (Phi) is 2.18. The van der Waals surface area contributed by atoms with E-state index in [1.54, 1.807) is 0 Å². The van der Waals surface area contributed by atoms with E-state index in [1.807, 2.05) is 0 Å². The molecule has 0 aromatic carbocycles. The van der Waals surface area contributed by atoms with Crippen LogP contribution in [-0.2, 0) is 16.3 Å². The van der Waals surface area contributed by atoms with Crippen LogP contribution >= 0.6 is 6.64 Å². The molecule has 1 unspecified atom stereocenters. The maximum atomic E-state index is 9.95. The van der Waals surface area contributed by atoms with E-state index >= 15 is 0 Å². The van der Waals surface area contributed by atoms with Gasteiger partial charge in [0.15, 0.2) is 0 Å². The molecule has 0 aliphatic carbocycles. The molecule has 3 nitrogen and oxygen atoms in total. The smallest absolute Gasteiger partial charge is 0.0525 e. The third-order valence-electron chi connectivity index (χ3n) is 0.254. The van der Waals surface area contributed by atoms with E-state index < -0.39 is 6.64 Å². The van der Waals surface area contributed by atoms with Gasteiger partial charge >= 0.3 is 0 Å². The largest absolute Gasteiger partial charge is 0.789 e. The lowest BCUT2D eigenvalue weighted by molar-refractivity contribution is -0.180. The van der Waals surface area contributed by atoms with Gasteiger partial charge in [0.05, 0.1) is 6.64 Å². The van der Waals surface area contributed by atoms with Gasteiger partial charge in [0.2, 0.25) is 0 Å². The molecule has 0 aliphatic heterocycles. The molecule has 38 valence electrons. The minimum absolute atomic E-state index is 1.22. The molecular formula is CH5NO2PS-. The third-order valence-corrected chi connectivity index (χ3v) is 1.21. The summed E-state index contributed by atoms with van der Waals surface area (Å²) in [5.74, 6) is 0. The van der Waals surface area contributed by atoms with Gasteiger partial charge in [-0.1, -0.05) is 11.8 Å². The fraction of sp³-hybridized carbons (Fsp3) is 1.00. The molecule has 0 spiro atoms. The molecule has 0 saturated heterocycles. The monoisotopic (exact) mass is 126 g/mol. The normalized spacial score (nSPS) is 19.8. The molecule has 6 heavy (non-hydrogen) atoms. The maximum Gasteiger partial charge on any atom is 0.0525 e. The van der Waals surface area contributed by atoms with Crippen molar-refractivity contribution < 1.29 is 9.42 Å². The van der Waals surface area contributed by atoms with Crippen LogP contribution in [0.2, 0.25) is 0 Å². The Morgan fingerprint density at radius 1 is 2.00 bits per heavy atom. The average molecular weight is 126 g/mol. The number of rotatable bonds is 1. The van der Waals surface area contributed by atoms with Crippen LogP contribution in [0, 0.1) is 0 Å². The SMILES string of the molecule is COP(N)([O-])=S. The summed E-state index contributed by atoms with van der Waals surface area (Å²) in [6.45, 7) is -3.06. The first-order valence-corrected chi connectivity index (χ1v) is 3.92. The van der Waals surface area contributed by atoms with Gasteiger partial charge in [-0.15, -0.1) is 0 Å². The predicted molar refractivity (Wildman–Crippen MR) is 25.5 cm³/mol. The van der Waals surface area contributed by atoms with Crippen LogP contribution in [0.25, 0.3) is 0 Å². The molecule has 0 fully saturated rings. The highest BCUT2D eigenvalue weighted by molar-refractivity contribution is 8.07. The molecule has 0 aromatic heterocycles. The van der Waals surface area contributed by atoms with Crippen molar-refractivity contribution in [3.63, 3.8) is 0 Å². The van der Waals surface area contributed by atoms with Gasteiger partial charge in [0, 0.05) is 7.11 Å². The summed E-state index contributed by atoms with van der Waals surface area (Å²) in [6, 6.07) is 0. The first kappa shape index (κ1) is 6.53. The summed E-state index contributed by atoms with van der Waals surface area (Å²) >= 11 is 4.10. The van der Waals surface area contributed by atoms with Gasteiger partial charge < -0.3 is 9.42 Å². The lowest BCUT2D eigenvalue weighted by Crippen LogP contribution is -2.09. The molecule has 5 heteroatoms. The van der Waals surface area contributed by atoms with Crippen LogP contribution in [0.3, 0.4) is 0 Å². The van der Waals surface area contributed by atoms with Crippen LogP contribution in [0.15, 0.2) is 0 Å². The molecule has 0 heterocycles. The molecule has 0 radical (unpaired) electrons. The Labute approximate surface area is 41.3 Å². The van der Waals surface area contributed by atoms with Crippen molar-refractivity contribution in [2.75, 3.05) is 7.11 Å². The Morgan fingerprint density at radius 2 is 2.17 bits per heavy atom. The van der Waals surface area contributed by atoms with Crippen LogP contribution in [-0.4, -0.2) is 7.11 Å². The van der Waals surface area contributed by atoms with Crippen molar-refractivity contribution in [1.82, 2.24) is 0 Å². The molecule has 0 aliphatic rings. The van der Waals surface area contributed by atoms with E-state index in [0.717, 1.165) is 0 Å². The Hall–Kier alpha value is 0.530. The highest BCUT2D eigenvalue weighted by Crippen LogP contribution is 2.22. The summed E-state index contributed by atoms with van der Waals surface area (Å²) in [5, 5.41) is 0. The summed E-state index contributed by atoms with van der Waals surface area (Å²) in [6.07, 6.45) is 0. The van der Waals surface area contributed by atoms with Crippen molar-refractivity contribution in [3.8, 4) is 0 Å². The molecule has 0 rings (SSSR count). The summed E-state index contributed by atoms with van der Waals surface area (Å²) in [7, 11) is 1.22. The fourth-order valence-electron chi connectivity index (χ4n) is 0. The predicted octanol–water partition coefficient (Wildman–Crippen LogP) is -0.824. The quantitative estimate of drug-likeness (QED) is 0.466. The number of hydrogen-bond acceptors (Lipinski definition) is 3. The third kappa shape index (κ3) is 4.53. The van der Waals surface area contributed by atoms with Crippen LogP contribution in [0.4, 0.5) is 0 Å². The Morgan fingerprint density at radius 3 is 2.17 bits per heavy atom. The second kappa shape index (κ2) is 2.00. The molecule has 2 N–H and O–H groups in total. The van der Waals surface area contributed by atoms with Crippen molar-refractivity contribution in [1.29, 1.82) is 0 Å². The second-order valence-corrected chi connectivity index (χ2v) is 3.69. The molecule has 0 aromatic rings. The van der Waals surface area contributed by atoms with Crippen molar-refractivity contribution >= 4 is 18.4 Å². The van der Waals surface area contributed by atoms with E-state index in [0.29, 0.717) is 0 Å². The molecule has 0 saturated carbocycles. The zero-order valence-electron chi connectivity index (χ0n) is 3.25. The molecule has 1 atom stereocenters. The number of nitrogens with two attached hydrogens (primary N) is 1. The Balaban J connectivity index is 3.48. The zero-order chi connectivity index (χ0) is 5.21. The standard InChI is InChI=1S/CH6NO2PS/c1-4-5(2,3)6/h1H3,(H3,2,3,6)/p-1. The topological polar surface area (TPSA) is 58.3 Å². The van der Waals surface area contributed by atoms with E-state index in [-0.39, 0.29) is 0 Å². The van der Waals surface area contributed by atoms with Gasteiger partial charge in [-0.05, 0) is 0 Å². The highest BCUT2D eigenvalue weighted by Gasteiger charge is 1.81. The zero-order valence-corrected chi connectivity index (χ0v) is 4.96. The van der Waals surface area contributed by atoms with Crippen LogP contribution in [0.1, 0.15) is 0 Å². The lowest BCUT2D eigenvalue weighted by Gasteiger charge is -2.17. The van der Waals surface area contributed by atoms with Crippen molar-refractivity contribution in [2.24, 2.45) is 5.50 Å². The highest BCUT2D eigenvalue weighted by atomic mass is 32.5. The summed E-state index contributed by atoms with van der Waals surface area (Å²) in [4.78, 5) is 9.95. The minimum atomic E-state index is -3.06. The van der Waals surface area contributed by atoms with Crippen LogP contribution in [0.5, 0.6) is 0 Å². The maximum absolute atomic E-state index is 9.95. The molecule has 0 bridgehead atoms. The van der Waals surface area contributed by atoms with Crippen molar-refractivity contribution in [3.05, 3.63) is 0 Å². The Bertz CT molecular complexity index is 77.6. The van der Waals surface area contributed by atoms with Gasteiger partial charge in [-0.2, -0.15) is 0 Å². The first-order chi connectivity index (χ1) is 2.56. The van der Waals surface area contributed by atoms with E-state index in [9.17, 15) is 4.89 Å². The molecule has 0 amide bonds. The van der Waals surface area contributed by atoms with E-state index in [2.05, 4.69) is 21.8 Å². The molecular weight excluding hydrogens is 121 g/mol. The van der Waals surface area contributed by atoms with Gasteiger partial charge in [0.25, 0.3) is 0 Å². The average Bonchev–Trinajstić information content (AvgIpc) is 1.35. The summed E-state index contributed by atoms with van der Waals surface area (Å²) < 4.78 is 4.09. The lowest BCUT2D eigenvalue weighted by atomic mass is 11.8. The minimum Gasteiger partial charge on any atom is -0.789 e. The van der Waals surface area contributed by atoms with Crippen LogP contribution < -0.4 is 10.4 Å². The van der Waals surface area contributed by atoms with Gasteiger partial charge in [-0.25, -0.2) is 0 Å². The second-order valence-electron chi connectivity index (χ2n) is 0.722. The van der Waals surface area contributed by atoms with E-state index in [1.165, 1.54) is 7.11 Å². The van der Waals surface area contributed by atoms with E-state index in [4.69, 9.17) is 0 Å². The number of hydrogen-bond donors (Lipinski definition) is 1.